The molecule has 0 aliphatic heterocycles. The van der Waals surface area contributed by atoms with Crippen LogP contribution in [0.15, 0.2) is 0 Å². The van der Waals surface area contributed by atoms with Crippen molar-refractivity contribution in [3.05, 3.63) is 0 Å². The third-order valence-corrected chi connectivity index (χ3v) is 2.49. The van der Waals surface area contributed by atoms with Crippen molar-refractivity contribution in [3.8, 4) is 0 Å². The van der Waals surface area contributed by atoms with E-state index in [0.29, 0.717) is 32.0 Å². The minimum atomic E-state index is -0.544. The van der Waals surface area contributed by atoms with Crippen LogP contribution in [0, 0.1) is 5.92 Å². The summed E-state index contributed by atoms with van der Waals surface area (Å²) < 4.78 is 10.0. The molecule has 2 unspecified atom stereocenters. The average Bonchev–Trinajstić information content (AvgIpc) is 2.30. The predicted octanol–water partition coefficient (Wildman–Crippen LogP) is 0.951. The molecule has 0 saturated heterocycles. The third-order valence-electron chi connectivity index (χ3n) is 2.49. The number of carbonyl (C=O) groups excluding carboxylic acids is 1. The zero-order chi connectivity index (χ0) is 14.0. The maximum atomic E-state index is 10.8. The van der Waals surface area contributed by atoms with Gasteiger partial charge < -0.3 is 19.9 Å². The highest BCUT2D eigenvalue weighted by Gasteiger charge is 2.09. The zero-order valence-corrected chi connectivity index (χ0v) is 11.9. The highest BCUT2D eigenvalue weighted by molar-refractivity contribution is 5.69. The Kier molecular flexibility index (Phi) is 9.92. The number of rotatable bonds is 10. The van der Waals surface area contributed by atoms with Crippen LogP contribution in [0.5, 0.6) is 0 Å². The Morgan fingerprint density at radius 1 is 1.33 bits per heavy atom. The lowest BCUT2D eigenvalue weighted by Crippen LogP contribution is -2.33. The van der Waals surface area contributed by atoms with Crippen molar-refractivity contribution in [2.24, 2.45) is 5.92 Å². The fraction of sp³-hybridized carbons (Fsp3) is 0.923. The topological polar surface area (TPSA) is 67.8 Å². The fourth-order valence-corrected chi connectivity index (χ4v) is 1.63. The first-order valence-corrected chi connectivity index (χ1v) is 6.52. The van der Waals surface area contributed by atoms with E-state index in [0.717, 1.165) is 6.42 Å². The van der Waals surface area contributed by atoms with Crippen LogP contribution < -0.4 is 5.32 Å². The molecule has 2 atom stereocenters. The second-order valence-corrected chi connectivity index (χ2v) is 4.96. The van der Waals surface area contributed by atoms with Gasteiger partial charge in [-0.3, -0.25) is 4.79 Å². The van der Waals surface area contributed by atoms with E-state index in [1.54, 1.807) is 0 Å². The molecule has 0 aliphatic carbocycles. The Morgan fingerprint density at radius 2 is 2.00 bits per heavy atom. The van der Waals surface area contributed by atoms with Crippen molar-refractivity contribution in [1.29, 1.82) is 0 Å². The van der Waals surface area contributed by atoms with Crippen molar-refractivity contribution in [3.63, 3.8) is 0 Å². The maximum Gasteiger partial charge on any atom is 0.306 e. The molecule has 2 N–H and O–H groups in total. The molecule has 5 nitrogen and oxygen atoms in total. The van der Waals surface area contributed by atoms with Crippen molar-refractivity contribution in [2.75, 3.05) is 26.8 Å². The first-order valence-electron chi connectivity index (χ1n) is 6.52. The van der Waals surface area contributed by atoms with Gasteiger partial charge in [0.1, 0.15) is 0 Å². The summed E-state index contributed by atoms with van der Waals surface area (Å²) >= 11 is 0. The Balaban J connectivity index is 3.47. The lowest BCUT2D eigenvalue weighted by Gasteiger charge is -2.18. The molecular formula is C13H27NO4. The second kappa shape index (κ2) is 10.3. The highest BCUT2D eigenvalue weighted by Crippen LogP contribution is 2.07. The minimum Gasteiger partial charge on any atom is -0.469 e. The molecule has 0 aromatic heterocycles. The first kappa shape index (κ1) is 17.4. The van der Waals surface area contributed by atoms with E-state index in [4.69, 9.17) is 4.74 Å². The number of aliphatic hydroxyl groups excluding tert-OH is 1. The van der Waals surface area contributed by atoms with Crippen molar-refractivity contribution in [2.45, 2.75) is 45.8 Å². The molecule has 0 bridgehead atoms. The summed E-state index contributed by atoms with van der Waals surface area (Å²) in [6, 6.07) is 0. The van der Waals surface area contributed by atoms with Crippen LogP contribution in [0.2, 0.25) is 0 Å². The van der Waals surface area contributed by atoms with E-state index in [1.807, 2.05) is 6.92 Å². The van der Waals surface area contributed by atoms with Gasteiger partial charge in [0.25, 0.3) is 0 Å². The van der Waals surface area contributed by atoms with E-state index < -0.39 is 6.10 Å². The average molecular weight is 261 g/mol. The molecule has 0 rings (SSSR count). The molecule has 5 heteroatoms. The number of nitrogens with one attached hydrogen (secondary N) is 1. The Labute approximate surface area is 110 Å². The van der Waals surface area contributed by atoms with E-state index >= 15 is 0 Å². The van der Waals surface area contributed by atoms with Crippen LogP contribution in [-0.2, 0) is 14.3 Å². The highest BCUT2D eigenvalue weighted by atomic mass is 16.5. The number of carbonyl (C=O) groups is 1. The lowest BCUT2D eigenvalue weighted by atomic mass is 10.1. The lowest BCUT2D eigenvalue weighted by molar-refractivity contribution is -0.140. The zero-order valence-electron chi connectivity index (χ0n) is 11.9. The largest absolute Gasteiger partial charge is 0.469 e. The van der Waals surface area contributed by atoms with Gasteiger partial charge in [0, 0.05) is 13.1 Å². The molecule has 18 heavy (non-hydrogen) atoms. The molecular weight excluding hydrogens is 234 g/mol. The Morgan fingerprint density at radius 3 is 2.56 bits per heavy atom. The molecule has 0 aliphatic rings. The van der Waals surface area contributed by atoms with Gasteiger partial charge >= 0.3 is 5.97 Å². The molecule has 0 saturated carbocycles. The SMILES string of the molecule is COC(=O)CCNCC(O)COC(C)CC(C)C. The summed E-state index contributed by atoms with van der Waals surface area (Å²) in [6.07, 6.45) is 0.919. The van der Waals surface area contributed by atoms with Gasteiger partial charge in [-0.05, 0) is 19.3 Å². The quantitative estimate of drug-likeness (QED) is 0.453. The summed E-state index contributed by atoms with van der Waals surface area (Å²) in [4.78, 5) is 10.8. The van der Waals surface area contributed by atoms with Crippen LogP contribution in [0.25, 0.3) is 0 Å². The van der Waals surface area contributed by atoms with Gasteiger partial charge in [-0.25, -0.2) is 0 Å². The normalized spacial score (nSPS) is 14.6. The standard InChI is InChI=1S/C13H27NO4/c1-10(2)7-11(3)18-9-12(15)8-14-6-5-13(16)17-4/h10-12,14-15H,5-9H2,1-4H3. The number of hydrogen-bond donors (Lipinski definition) is 2. The summed E-state index contributed by atoms with van der Waals surface area (Å²) in [6.45, 7) is 7.54. The molecule has 0 fully saturated rings. The predicted molar refractivity (Wildman–Crippen MR) is 70.4 cm³/mol. The third kappa shape index (κ3) is 10.5. The van der Waals surface area contributed by atoms with E-state index in [1.165, 1.54) is 7.11 Å². The number of ether oxygens (including phenoxy) is 2. The van der Waals surface area contributed by atoms with Crippen LogP contribution in [0.3, 0.4) is 0 Å². The molecule has 0 heterocycles. The number of esters is 1. The minimum absolute atomic E-state index is 0.162. The monoisotopic (exact) mass is 261 g/mol. The van der Waals surface area contributed by atoms with E-state index in [9.17, 15) is 9.90 Å². The van der Waals surface area contributed by atoms with Gasteiger partial charge in [-0.15, -0.1) is 0 Å². The molecule has 0 amide bonds. The smallest absolute Gasteiger partial charge is 0.306 e. The number of aliphatic hydroxyl groups is 1. The van der Waals surface area contributed by atoms with Crippen LogP contribution in [0.4, 0.5) is 0 Å². The van der Waals surface area contributed by atoms with Crippen LogP contribution >= 0.6 is 0 Å². The molecule has 0 spiro atoms. The van der Waals surface area contributed by atoms with Crippen LogP contribution in [-0.4, -0.2) is 50.1 Å². The fourth-order valence-electron chi connectivity index (χ4n) is 1.63. The van der Waals surface area contributed by atoms with Crippen LogP contribution in [0.1, 0.15) is 33.6 Å². The number of methoxy groups -OCH3 is 1. The van der Waals surface area contributed by atoms with Gasteiger partial charge in [-0.1, -0.05) is 13.8 Å². The second-order valence-electron chi connectivity index (χ2n) is 4.96. The van der Waals surface area contributed by atoms with E-state index in [2.05, 4.69) is 23.9 Å². The van der Waals surface area contributed by atoms with Crippen molar-refractivity contribution >= 4 is 5.97 Å². The summed E-state index contributed by atoms with van der Waals surface area (Å²) in [5, 5.41) is 12.6. The summed E-state index contributed by atoms with van der Waals surface area (Å²) in [5.74, 6) is 0.342. The first-order chi connectivity index (χ1) is 8.45. The number of hydrogen-bond acceptors (Lipinski definition) is 5. The van der Waals surface area contributed by atoms with Gasteiger partial charge in [0.15, 0.2) is 0 Å². The van der Waals surface area contributed by atoms with Gasteiger partial charge in [0.2, 0.25) is 0 Å². The molecule has 0 aromatic carbocycles. The molecule has 108 valence electrons. The summed E-state index contributed by atoms with van der Waals surface area (Å²) in [5.41, 5.74) is 0. The summed E-state index contributed by atoms with van der Waals surface area (Å²) in [7, 11) is 1.36. The van der Waals surface area contributed by atoms with Gasteiger partial charge in [-0.2, -0.15) is 0 Å². The molecule has 0 aromatic rings. The van der Waals surface area contributed by atoms with Gasteiger partial charge in [0.05, 0.1) is 32.3 Å². The molecule has 0 radical (unpaired) electrons. The van der Waals surface area contributed by atoms with E-state index in [-0.39, 0.29) is 12.1 Å². The Hall–Kier alpha value is -0.650. The maximum absolute atomic E-state index is 10.8. The van der Waals surface area contributed by atoms with Crippen molar-refractivity contribution in [1.82, 2.24) is 5.32 Å². The Bertz CT molecular complexity index is 221. The van der Waals surface area contributed by atoms with Crippen molar-refractivity contribution < 1.29 is 19.4 Å².